The quantitative estimate of drug-likeness (QED) is 0.517. The van der Waals surface area contributed by atoms with Crippen molar-refractivity contribution in [1.29, 1.82) is 0 Å². The van der Waals surface area contributed by atoms with Crippen LogP contribution in [0.25, 0.3) is 0 Å². The van der Waals surface area contributed by atoms with Gasteiger partial charge in [0, 0.05) is 13.2 Å². The van der Waals surface area contributed by atoms with E-state index in [1.165, 1.54) is 6.92 Å². The van der Waals surface area contributed by atoms with Crippen LogP contribution in [-0.4, -0.2) is 40.8 Å². The molecule has 0 heterocycles. The van der Waals surface area contributed by atoms with Crippen molar-refractivity contribution < 1.29 is 19.5 Å². The van der Waals surface area contributed by atoms with Gasteiger partial charge in [-0.2, -0.15) is 0 Å². The highest BCUT2D eigenvalue weighted by Crippen LogP contribution is 2.11. The molecule has 5 heteroatoms. The third-order valence-electron chi connectivity index (χ3n) is 2.65. The van der Waals surface area contributed by atoms with Crippen molar-refractivity contribution in [1.82, 2.24) is 4.90 Å². The molecule has 5 nitrogen and oxygen atoms in total. The summed E-state index contributed by atoms with van der Waals surface area (Å²) in [5.41, 5.74) is 0. The summed E-state index contributed by atoms with van der Waals surface area (Å²) in [5.74, 6) is -2.34. The van der Waals surface area contributed by atoms with Crippen molar-refractivity contribution in [3.05, 3.63) is 12.7 Å². The highest BCUT2D eigenvalue weighted by atomic mass is 16.3. The molecule has 2 amide bonds. The number of ketones is 1. The molecule has 0 aliphatic carbocycles. The number of aliphatic hydroxyl groups excluding tert-OH is 1. The van der Waals surface area contributed by atoms with E-state index in [-0.39, 0.29) is 25.4 Å². The van der Waals surface area contributed by atoms with Crippen LogP contribution in [0, 0.1) is 5.92 Å². The monoisotopic (exact) mass is 255 g/mol. The van der Waals surface area contributed by atoms with Crippen LogP contribution in [0.1, 0.15) is 33.1 Å². The van der Waals surface area contributed by atoms with E-state index in [2.05, 4.69) is 6.58 Å². The Bertz CT molecular complexity index is 325. The van der Waals surface area contributed by atoms with Crippen LogP contribution < -0.4 is 0 Å². The zero-order chi connectivity index (χ0) is 14.1. The number of rotatable bonds is 8. The number of carbonyl (C=O) groups excluding carboxylic acids is 3. The zero-order valence-corrected chi connectivity index (χ0v) is 11.0. The minimum atomic E-state index is -0.948. The van der Waals surface area contributed by atoms with Gasteiger partial charge >= 0.3 is 0 Å². The second-order valence-electron chi connectivity index (χ2n) is 4.06. The van der Waals surface area contributed by atoms with Crippen LogP contribution in [0.3, 0.4) is 0 Å². The normalized spacial score (nSPS) is 11.7. The molecule has 1 N–H and O–H groups in total. The van der Waals surface area contributed by atoms with E-state index in [1.807, 2.05) is 6.92 Å². The van der Waals surface area contributed by atoms with E-state index in [4.69, 9.17) is 5.11 Å². The number of amides is 2. The van der Waals surface area contributed by atoms with Gasteiger partial charge in [-0.25, -0.2) is 0 Å². The molecule has 0 bridgehead atoms. The Hall–Kier alpha value is -1.49. The molecular weight excluding hydrogens is 234 g/mol. The van der Waals surface area contributed by atoms with E-state index in [0.717, 1.165) is 17.4 Å². The number of unbranched alkanes of at least 4 members (excludes halogenated alkanes) is 1. The first kappa shape index (κ1) is 16.5. The fraction of sp³-hybridized carbons (Fsp3) is 0.615. The van der Waals surface area contributed by atoms with Gasteiger partial charge in [0.1, 0.15) is 5.78 Å². The summed E-state index contributed by atoms with van der Waals surface area (Å²) in [6.07, 6.45) is 2.61. The number of hydrogen-bond donors (Lipinski definition) is 1. The van der Waals surface area contributed by atoms with Gasteiger partial charge in [-0.1, -0.05) is 19.9 Å². The zero-order valence-electron chi connectivity index (χ0n) is 11.0. The Morgan fingerprint density at radius 1 is 1.39 bits per heavy atom. The van der Waals surface area contributed by atoms with Gasteiger partial charge in [0.15, 0.2) is 0 Å². The first-order valence-electron chi connectivity index (χ1n) is 6.08. The number of hydrogen-bond acceptors (Lipinski definition) is 4. The van der Waals surface area contributed by atoms with Gasteiger partial charge in [0.25, 0.3) is 5.91 Å². The van der Waals surface area contributed by atoms with Crippen LogP contribution in [0.4, 0.5) is 0 Å². The molecule has 0 aliphatic rings. The van der Waals surface area contributed by atoms with Crippen molar-refractivity contribution >= 4 is 17.6 Å². The average Bonchev–Trinajstić information content (AvgIpc) is 2.35. The first-order valence-corrected chi connectivity index (χ1v) is 6.08. The molecule has 0 radical (unpaired) electrons. The molecule has 0 spiro atoms. The Kier molecular flexibility index (Phi) is 7.87. The van der Waals surface area contributed by atoms with Gasteiger partial charge < -0.3 is 5.11 Å². The van der Waals surface area contributed by atoms with Gasteiger partial charge in [0.05, 0.1) is 5.92 Å². The summed E-state index contributed by atoms with van der Waals surface area (Å²) in [6.45, 7) is 6.58. The Morgan fingerprint density at radius 2 is 2.00 bits per heavy atom. The molecular formula is C13H21NO4. The van der Waals surface area contributed by atoms with E-state index in [1.54, 1.807) is 0 Å². The lowest BCUT2D eigenvalue weighted by Crippen LogP contribution is -2.43. The van der Waals surface area contributed by atoms with Crippen molar-refractivity contribution in [3.63, 3.8) is 0 Å². The third kappa shape index (κ3) is 4.79. The predicted octanol–water partition coefficient (Wildman–Crippen LogP) is 0.915. The lowest BCUT2D eigenvalue weighted by Gasteiger charge is -2.23. The summed E-state index contributed by atoms with van der Waals surface area (Å²) in [5, 5.41) is 8.86. The predicted molar refractivity (Wildman–Crippen MR) is 67.7 cm³/mol. The number of imide groups is 1. The summed E-state index contributed by atoms with van der Waals surface area (Å²) >= 11 is 0. The molecule has 0 fully saturated rings. The average molecular weight is 255 g/mol. The number of carbonyl (C=O) groups is 3. The summed E-state index contributed by atoms with van der Waals surface area (Å²) < 4.78 is 0. The molecule has 0 aliphatic heterocycles. The highest BCUT2D eigenvalue weighted by Gasteiger charge is 2.29. The molecule has 0 saturated carbocycles. The highest BCUT2D eigenvalue weighted by molar-refractivity contribution is 6.08. The van der Waals surface area contributed by atoms with E-state index >= 15 is 0 Å². The Balaban J connectivity index is 4.95. The maximum absolute atomic E-state index is 12.1. The van der Waals surface area contributed by atoms with Crippen LogP contribution in [-0.2, 0) is 14.4 Å². The molecule has 1 unspecified atom stereocenters. The minimum Gasteiger partial charge on any atom is -0.396 e. The maximum atomic E-state index is 12.1. The molecule has 0 saturated heterocycles. The summed E-state index contributed by atoms with van der Waals surface area (Å²) in [4.78, 5) is 36.1. The third-order valence-corrected chi connectivity index (χ3v) is 2.65. The summed E-state index contributed by atoms with van der Waals surface area (Å²) in [6, 6.07) is 0. The second-order valence-corrected chi connectivity index (χ2v) is 4.06. The van der Waals surface area contributed by atoms with Gasteiger partial charge in [0.2, 0.25) is 5.91 Å². The topological polar surface area (TPSA) is 74.7 Å². The van der Waals surface area contributed by atoms with E-state index in [0.29, 0.717) is 6.42 Å². The fourth-order valence-corrected chi connectivity index (χ4v) is 1.57. The standard InChI is InChI=1S/C13H21NO4/c1-4-6-8-14(12(17)5-2)13(18)11(7-9-15)10(3)16/h5,11,15H,2,4,6-9H2,1,3H3. The van der Waals surface area contributed by atoms with Crippen molar-refractivity contribution in [3.8, 4) is 0 Å². The van der Waals surface area contributed by atoms with E-state index in [9.17, 15) is 14.4 Å². The fourth-order valence-electron chi connectivity index (χ4n) is 1.57. The number of Topliss-reactive ketones (excluding diaryl/α,β-unsaturated/α-hetero) is 1. The molecule has 0 rings (SSSR count). The van der Waals surface area contributed by atoms with Crippen molar-refractivity contribution in [2.75, 3.05) is 13.2 Å². The molecule has 0 aromatic heterocycles. The molecule has 0 aromatic carbocycles. The van der Waals surface area contributed by atoms with Crippen molar-refractivity contribution in [2.24, 2.45) is 5.92 Å². The summed E-state index contributed by atoms with van der Waals surface area (Å²) in [7, 11) is 0. The van der Waals surface area contributed by atoms with Crippen molar-refractivity contribution in [2.45, 2.75) is 33.1 Å². The first-order chi connectivity index (χ1) is 8.49. The molecule has 102 valence electrons. The van der Waals surface area contributed by atoms with Crippen LogP contribution in [0.15, 0.2) is 12.7 Å². The van der Waals surface area contributed by atoms with Crippen LogP contribution >= 0.6 is 0 Å². The lowest BCUT2D eigenvalue weighted by atomic mass is 9.99. The second kappa shape index (κ2) is 8.58. The smallest absolute Gasteiger partial charge is 0.252 e. The van der Waals surface area contributed by atoms with Gasteiger partial charge in [-0.15, -0.1) is 0 Å². The van der Waals surface area contributed by atoms with Gasteiger partial charge in [-0.05, 0) is 25.8 Å². The maximum Gasteiger partial charge on any atom is 0.252 e. The van der Waals surface area contributed by atoms with Crippen LogP contribution in [0.5, 0.6) is 0 Å². The number of aliphatic hydroxyl groups is 1. The van der Waals surface area contributed by atoms with Crippen LogP contribution in [0.2, 0.25) is 0 Å². The Morgan fingerprint density at radius 3 is 2.39 bits per heavy atom. The molecule has 0 aromatic rings. The largest absolute Gasteiger partial charge is 0.396 e. The number of nitrogens with zero attached hydrogens (tertiary/aromatic N) is 1. The minimum absolute atomic E-state index is 0.0429. The SMILES string of the molecule is C=CC(=O)N(CCCC)C(=O)C(CCO)C(C)=O. The molecule has 1 atom stereocenters. The van der Waals surface area contributed by atoms with E-state index < -0.39 is 17.7 Å². The Labute approximate surface area is 107 Å². The van der Waals surface area contributed by atoms with Gasteiger partial charge in [-0.3, -0.25) is 19.3 Å². The lowest BCUT2D eigenvalue weighted by molar-refractivity contribution is -0.147. The molecule has 18 heavy (non-hydrogen) atoms.